The lowest BCUT2D eigenvalue weighted by atomic mass is 10.2. The molecule has 0 aliphatic heterocycles. The summed E-state index contributed by atoms with van der Waals surface area (Å²) in [4.78, 5) is 16.3. The third-order valence-electron chi connectivity index (χ3n) is 2.62. The maximum atomic E-state index is 11.9. The van der Waals surface area contributed by atoms with Crippen molar-refractivity contribution >= 4 is 6.09 Å². The van der Waals surface area contributed by atoms with E-state index in [1.165, 1.54) is 4.68 Å². The summed E-state index contributed by atoms with van der Waals surface area (Å²) in [5.41, 5.74) is 0.882. The van der Waals surface area contributed by atoms with Gasteiger partial charge in [0.2, 0.25) is 0 Å². The third kappa shape index (κ3) is 2.81. The summed E-state index contributed by atoms with van der Waals surface area (Å²) < 4.78 is 6.24. The van der Waals surface area contributed by atoms with E-state index in [2.05, 4.69) is 10.1 Å². The Morgan fingerprint density at radius 1 is 1.32 bits per heavy atom. The zero-order chi connectivity index (χ0) is 13.8. The molecule has 0 amide bonds. The lowest BCUT2D eigenvalue weighted by Gasteiger charge is -2.05. The number of aromatic nitrogens is 3. The first-order valence-corrected chi connectivity index (χ1v) is 6.33. The molecule has 2 rings (SSSR count). The molecule has 0 spiro atoms. The number of ether oxygens (including phenoxy) is 1. The number of nitrogens with zero attached hydrogens (tertiary/aromatic N) is 3. The van der Waals surface area contributed by atoms with Crippen molar-refractivity contribution in [1.82, 2.24) is 14.8 Å². The van der Waals surface area contributed by atoms with Gasteiger partial charge in [0.15, 0.2) is 5.82 Å². The Kier molecular flexibility index (Phi) is 3.94. The van der Waals surface area contributed by atoms with Gasteiger partial charge in [0.1, 0.15) is 5.82 Å². The second kappa shape index (κ2) is 5.65. The van der Waals surface area contributed by atoms with Crippen molar-refractivity contribution < 1.29 is 9.53 Å². The van der Waals surface area contributed by atoms with E-state index < -0.39 is 6.09 Å². The predicted octanol–water partition coefficient (Wildman–Crippen LogP) is 3.07. The molecule has 0 aliphatic carbocycles. The smallest absolute Gasteiger partial charge is 0.436 e. The normalized spacial score (nSPS) is 10.7. The fraction of sp³-hybridized carbons (Fsp3) is 0.357. The maximum absolute atomic E-state index is 11.9. The second-order valence-electron chi connectivity index (χ2n) is 4.43. The van der Waals surface area contributed by atoms with Gasteiger partial charge in [-0.2, -0.15) is 0 Å². The Balaban J connectivity index is 2.44. The van der Waals surface area contributed by atoms with Crippen molar-refractivity contribution in [3.8, 4) is 11.4 Å². The highest BCUT2D eigenvalue weighted by atomic mass is 16.6. The molecule has 0 atom stereocenters. The lowest BCUT2D eigenvalue weighted by Crippen LogP contribution is -2.18. The van der Waals surface area contributed by atoms with E-state index in [0.29, 0.717) is 18.3 Å². The zero-order valence-corrected chi connectivity index (χ0v) is 11.3. The molecule has 19 heavy (non-hydrogen) atoms. The molecule has 0 saturated heterocycles. The summed E-state index contributed by atoms with van der Waals surface area (Å²) in [5, 5.41) is 4.25. The van der Waals surface area contributed by atoms with Crippen molar-refractivity contribution in [1.29, 1.82) is 0 Å². The van der Waals surface area contributed by atoms with E-state index >= 15 is 0 Å². The van der Waals surface area contributed by atoms with Gasteiger partial charge < -0.3 is 4.74 Å². The van der Waals surface area contributed by atoms with Crippen LogP contribution < -0.4 is 0 Å². The van der Waals surface area contributed by atoms with Crippen molar-refractivity contribution in [2.24, 2.45) is 0 Å². The summed E-state index contributed by atoms with van der Waals surface area (Å²) in [6.07, 6.45) is -0.485. The third-order valence-corrected chi connectivity index (χ3v) is 2.62. The molecule has 0 N–H and O–H groups in total. The van der Waals surface area contributed by atoms with E-state index in [-0.39, 0.29) is 5.92 Å². The molecule has 1 aromatic heterocycles. The van der Waals surface area contributed by atoms with Crippen LogP contribution in [0.5, 0.6) is 0 Å². The van der Waals surface area contributed by atoms with Gasteiger partial charge in [0, 0.05) is 11.5 Å². The molecule has 0 fully saturated rings. The molecule has 1 aromatic carbocycles. The molecule has 0 unspecified atom stereocenters. The van der Waals surface area contributed by atoms with Crippen LogP contribution in [0.4, 0.5) is 4.79 Å². The van der Waals surface area contributed by atoms with E-state index in [9.17, 15) is 4.79 Å². The Morgan fingerprint density at radius 3 is 2.58 bits per heavy atom. The van der Waals surface area contributed by atoms with E-state index in [1.807, 2.05) is 44.2 Å². The van der Waals surface area contributed by atoms with Gasteiger partial charge in [-0.3, -0.25) is 0 Å². The largest absolute Gasteiger partial charge is 0.448 e. The van der Waals surface area contributed by atoms with Crippen LogP contribution in [0, 0.1) is 0 Å². The van der Waals surface area contributed by atoms with Crippen LogP contribution >= 0.6 is 0 Å². The van der Waals surface area contributed by atoms with Gasteiger partial charge in [-0.25, -0.2) is 9.78 Å². The summed E-state index contributed by atoms with van der Waals surface area (Å²) >= 11 is 0. The summed E-state index contributed by atoms with van der Waals surface area (Å²) in [6, 6.07) is 9.57. The maximum Gasteiger partial charge on any atom is 0.436 e. The first kappa shape index (κ1) is 13.3. The second-order valence-corrected chi connectivity index (χ2v) is 4.43. The molecule has 1 heterocycles. The van der Waals surface area contributed by atoms with Crippen LogP contribution in [-0.2, 0) is 4.74 Å². The quantitative estimate of drug-likeness (QED) is 0.850. The van der Waals surface area contributed by atoms with Crippen molar-refractivity contribution in [3.63, 3.8) is 0 Å². The fourth-order valence-corrected chi connectivity index (χ4v) is 1.73. The van der Waals surface area contributed by atoms with Gasteiger partial charge in [0.25, 0.3) is 0 Å². The predicted molar refractivity (Wildman–Crippen MR) is 72.0 cm³/mol. The van der Waals surface area contributed by atoms with Crippen LogP contribution in [0.15, 0.2) is 30.3 Å². The fourth-order valence-electron chi connectivity index (χ4n) is 1.73. The number of hydrogen-bond donors (Lipinski definition) is 0. The summed E-state index contributed by atoms with van der Waals surface area (Å²) in [5.74, 6) is 1.24. The number of benzene rings is 1. The van der Waals surface area contributed by atoms with Crippen molar-refractivity contribution in [2.75, 3.05) is 6.61 Å². The van der Waals surface area contributed by atoms with Gasteiger partial charge >= 0.3 is 6.09 Å². The lowest BCUT2D eigenvalue weighted by molar-refractivity contribution is 0.149. The number of hydrogen-bond acceptors (Lipinski definition) is 4. The van der Waals surface area contributed by atoms with Crippen LogP contribution in [0.2, 0.25) is 0 Å². The average molecular weight is 259 g/mol. The molecule has 100 valence electrons. The molecule has 5 nitrogen and oxygen atoms in total. The molecule has 0 radical (unpaired) electrons. The topological polar surface area (TPSA) is 57.0 Å². The van der Waals surface area contributed by atoms with E-state index in [4.69, 9.17) is 4.74 Å². The highest BCUT2D eigenvalue weighted by molar-refractivity contribution is 5.71. The summed E-state index contributed by atoms with van der Waals surface area (Å²) in [7, 11) is 0. The standard InChI is InChI=1S/C14H17N3O2/c1-4-19-14(18)17-13(10(2)3)15-12(16-17)11-8-6-5-7-9-11/h5-10H,4H2,1-3H3. The molecule has 2 aromatic rings. The number of carbonyl (C=O) groups is 1. The van der Waals surface area contributed by atoms with Crippen LogP contribution in [-0.4, -0.2) is 27.5 Å². The highest BCUT2D eigenvalue weighted by Crippen LogP contribution is 2.19. The minimum absolute atomic E-state index is 0.0920. The Hall–Kier alpha value is -2.17. The van der Waals surface area contributed by atoms with Gasteiger partial charge in [-0.1, -0.05) is 44.2 Å². The van der Waals surface area contributed by atoms with Gasteiger partial charge in [-0.05, 0) is 6.92 Å². The highest BCUT2D eigenvalue weighted by Gasteiger charge is 2.19. The SMILES string of the molecule is CCOC(=O)n1nc(-c2ccccc2)nc1C(C)C. The molecule has 0 bridgehead atoms. The molecule has 0 aliphatic rings. The van der Waals surface area contributed by atoms with E-state index in [0.717, 1.165) is 5.56 Å². The minimum Gasteiger partial charge on any atom is -0.448 e. The monoisotopic (exact) mass is 259 g/mol. The molecule has 0 saturated carbocycles. The van der Waals surface area contributed by atoms with Gasteiger partial charge in [0.05, 0.1) is 6.61 Å². The summed E-state index contributed by atoms with van der Waals surface area (Å²) in [6.45, 7) is 6.02. The van der Waals surface area contributed by atoms with Crippen molar-refractivity contribution in [2.45, 2.75) is 26.7 Å². The van der Waals surface area contributed by atoms with Gasteiger partial charge in [-0.15, -0.1) is 9.78 Å². The first-order valence-electron chi connectivity index (χ1n) is 6.33. The van der Waals surface area contributed by atoms with Crippen molar-refractivity contribution in [3.05, 3.63) is 36.2 Å². The number of carbonyl (C=O) groups excluding carboxylic acids is 1. The Morgan fingerprint density at radius 2 is 2.00 bits per heavy atom. The molecular formula is C14H17N3O2. The molecule has 5 heteroatoms. The minimum atomic E-state index is -0.485. The van der Waals surface area contributed by atoms with Crippen LogP contribution in [0.25, 0.3) is 11.4 Å². The van der Waals surface area contributed by atoms with Crippen LogP contribution in [0.3, 0.4) is 0 Å². The zero-order valence-electron chi connectivity index (χ0n) is 11.3. The molecular weight excluding hydrogens is 242 g/mol. The Bertz CT molecular complexity index is 561. The average Bonchev–Trinajstić information content (AvgIpc) is 2.85. The Labute approximate surface area is 112 Å². The first-order chi connectivity index (χ1) is 9.13. The number of rotatable bonds is 3. The van der Waals surface area contributed by atoms with E-state index in [1.54, 1.807) is 6.92 Å². The van der Waals surface area contributed by atoms with Crippen LogP contribution in [0.1, 0.15) is 32.5 Å².